The quantitative estimate of drug-likeness (QED) is 0.578. The number of hydrogen-bond donors (Lipinski definition) is 2. The van der Waals surface area contributed by atoms with Gasteiger partial charge in [0.1, 0.15) is 0 Å². The molecule has 0 aromatic heterocycles. The van der Waals surface area contributed by atoms with Crippen LogP contribution in [0, 0.1) is 0 Å². The van der Waals surface area contributed by atoms with E-state index in [9.17, 15) is 0 Å². The van der Waals surface area contributed by atoms with Crippen molar-refractivity contribution in [2.45, 2.75) is 13.8 Å². The maximum Gasteiger partial charge on any atom is 0.299 e. The second-order valence-corrected chi connectivity index (χ2v) is 1.47. The van der Waals surface area contributed by atoms with Gasteiger partial charge in [0, 0.05) is 13.2 Å². The molecular formula is C4H12O4S. The Kier molecular flexibility index (Phi) is 14.3. The van der Waals surface area contributed by atoms with Crippen LogP contribution in [0.25, 0.3) is 0 Å². The lowest BCUT2D eigenvalue weighted by Crippen LogP contribution is -1.84. The molecule has 0 atom stereocenters. The SMILES string of the molecule is CCOCC.O=S(O)O. The van der Waals surface area contributed by atoms with E-state index in [0.717, 1.165) is 13.2 Å². The highest BCUT2D eigenvalue weighted by atomic mass is 32.2. The highest BCUT2D eigenvalue weighted by molar-refractivity contribution is 7.73. The average molecular weight is 156 g/mol. The fourth-order valence-electron chi connectivity index (χ4n) is 0.204. The molecule has 0 aliphatic rings. The summed E-state index contributed by atoms with van der Waals surface area (Å²) in [6, 6.07) is 0. The molecule has 0 unspecified atom stereocenters. The Morgan fingerprint density at radius 1 is 1.33 bits per heavy atom. The van der Waals surface area contributed by atoms with Gasteiger partial charge in [0.05, 0.1) is 0 Å². The molecule has 0 heterocycles. The van der Waals surface area contributed by atoms with E-state index in [1.165, 1.54) is 0 Å². The summed E-state index contributed by atoms with van der Waals surface area (Å²) >= 11 is -2.61. The molecule has 0 bridgehead atoms. The van der Waals surface area contributed by atoms with Crippen molar-refractivity contribution < 1.29 is 18.1 Å². The van der Waals surface area contributed by atoms with Gasteiger partial charge in [-0.3, -0.25) is 9.11 Å². The molecule has 0 aromatic carbocycles. The lowest BCUT2D eigenvalue weighted by atomic mass is 10.8. The lowest BCUT2D eigenvalue weighted by Gasteiger charge is -1.86. The molecule has 4 nitrogen and oxygen atoms in total. The third kappa shape index (κ3) is 70.9. The van der Waals surface area contributed by atoms with Gasteiger partial charge in [-0.15, -0.1) is 0 Å². The highest BCUT2D eigenvalue weighted by Gasteiger charge is 1.64. The van der Waals surface area contributed by atoms with Crippen molar-refractivity contribution in [2.24, 2.45) is 0 Å². The molecule has 0 saturated heterocycles. The Balaban J connectivity index is 0. The van der Waals surface area contributed by atoms with Gasteiger partial charge >= 0.3 is 0 Å². The summed E-state index contributed by atoms with van der Waals surface area (Å²) in [5, 5.41) is 0. The van der Waals surface area contributed by atoms with Crippen LogP contribution in [0.15, 0.2) is 0 Å². The Morgan fingerprint density at radius 2 is 1.56 bits per heavy atom. The normalized spacial score (nSPS) is 8.56. The van der Waals surface area contributed by atoms with Gasteiger partial charge < -0.3 is 4.74 Å². The minimum absolute atomic E-state index is 0.844. The van der Waals surface area contributed by atoms with Gasteiger partial charge in [0.25, 0.3) is 11.4 Å². The van der Waals surface area contributed by atoms with Crippen molar-refractivity contribution in [1.82, 2.24) is 0 Å². The fourth-order valence-corrected chi connectivity index (χ4v) is 0.204. The maximum absolute atomic E-state index is 8.67. The molecule has 0 rings (SSSR count). The summed E-state index contributed by atoms with van der Waals surface area (Å²) < 4.78 is 27.7. The van der Waals surface area contributed by atoms with Crippen LogP contribution in [-0.4, -0.2) is 26.5 Å². The zero-order chi connectivity index (χ0) is 7.70. The number of rotatable bonds is 2. The Labute approximate surface area is 57.3 Å². The smallest absolute Gasteiger partial charge is 0.299 e. The van der Waals surface area contributed by atoms with Gasteiger partial charge in [-0.1, -0.05) is 0 Å². The van der Waals surface area contributed by atoms with Crippen LogP contribution in [0.1, 0.15) is 13.8 Å². The Morgan fingerprint density at radius 3 is 1.56 bits per heavy atom. The molecule has 0 spiro atoms. The van der Waals surface area contributed by atoms with Gasteiger partial charge in [-0.2, -0.15) is 4.21 Å². The molecule has 0 aliphatic heterocycles. The van der Waals surface area contributed by atoms with Crippen molar-refractivity contribution in [1.29, 1.82) is 0 Å². The number of ether oxygens (including phenoxy) is 1. The second kappa shape index (κ2) is 10.9. The molecule has 2 N–H and O–H groups in total. The first-order valence-electron chi connectivity index (χ1n) is 2.52. The highest BCUT2D eigenvalue weighted by Crippen LogP contribution is 1.64. The summed E-state index contributed by atoms with van der Waals surface area (Å²) in [4.78, 5) is 0. The zero-order valence-electron chi connectivity index (χ0n) is 5.53. The van der Waals surface area contributed by atoms with E-state index in [0.29, 0.717) is 0 Å². The summed E-state index contributed by atoms with van der Waals surface area (Å²) in [5.41, 5.74) is 0. The summed E-state index contributed by atoms with van der Waals surface area (Å²) in [5.74, 6) is 0. The van der Waals surface area contributed by atoms with E-state index >= 15 is 0 Å². The van der Waals surface area contributed by atoms with E-state index < -0.39 is 11.4 Å². The summed E-state index contributed by atoms with van der Waals surface area (Å²) in [6.45, 7) is 5.67. The Hall–Kier alpha value is 0.0300. The molecule has 0 aromatic rings. The van der Waals surface area contributed by atoms with Crippen molar-refractivity contribution in [3.8, 4) is 0 Å². The molecule has 0 fully saturated rings. The molecule has 9 heavy (non-hydrogen) atoms. The molecule has 58 valence electrons. The molecule has 0 saturated carbocycles. The fraction of sp³-hybridized carbons (Fsp3) is 1.00. The van der Waals surface area contributed by atoms with E-state index in [1.54, 1.807) is 0 Å². The van der Waals surface area contributed by atoms with Crippen molar-refractivity contribution in [2.75, 3.05) is 13.2 Å². The monoisotopic (exact) mass is 156 g/mol. The van der Waals surface area contributed by atoms with Crippen LogP contribution in [-0.2, 0) is 16.1 Å². The minimum atomic E-state index is -2.61. The summed E-state index contributed by atoms with van der Waals surface area (Å²) in [6.07, 6.45) is 0. The third-order valence-corrected chi connectivity index (χ3v) is 0.408. The number of hydrogen-bond acceptors (Lipinski definition) is 2. The topological polar surface area (TPSA) is 66.8 Å². The Bertz CT molecular complexity index is 59.6. The summed E-state index contributed by atoms with van der Waals surface area (Å²) in [7, 11) is 0. The standard InChI is InChI=1S/C4H10O.H2O3S/c1-3-5-4-2;1-4(2)3/h3-4H2,1-2H3;(H2,1,2,3). The molecule has 5 heteroatoms. The van der Waals surface area contributed by atoms with Gasteiger partial charge in [0.15, 0.2) is 0 Å². The maximum atomic E-state index is 8.67. The van der Waals surface area contributed by atoms with Crippen LogP contribution in [0.2, 0.25) is 0 Å². The van der Waals surface area contributed by atoms with E-state index in [1.807, 2.05) is 13.8 Å². The van der Waals surface area contributed by atoms with E-state index in [-0.39, 0.29) is 0 Å². The largest absolute Gasteiger partial charge is 0.382 e. The zero-order valence-corrected chi connectivity index (χ0v) is 6.35. The van der Waals surface area contributed by atoms with Crippen LogP contribution >= 0.6 is 0 Å². The van der Waals surface area contributed by atoms with Crippen molar-refractivity contribution in [3.63, 3.8) is 0 Å². The van der Waals surface area contributed by atoms with Gasteiger partial charge in [0.2, 0.25) is 0 Å². The van der Waals surface area contributed by atoms with Crippen molar-refractivity contribution in [3.05, 3.63) is 0 Å². The van der Waals surface area contributed by atoms with Gasteiger partial charge in [-0.25, -0.2) is 0 Å². The molecule has 0 radical (unpaired) electrons. The van der Waals surface area contributed by atoms with E-state index in [4.69, 9.17) is 18.1 Å². The van der Waals surface area contributed by atoms with Crippen LogP contribution < -0.4 is 0 Å². The van der Waals surface area contributed by atoms with Crippen LogP contribution in [0.5, 0.6) is 0 Å². The average Bonchev–Trinajstić information content (AvgIpc) is 1.66. The first-order valence-corrected chi connectivity index (χ1v) is 3.59. The predicted molar refractivity (Wildman–Crippen MR) is 35.6 cm³/mol. The van der Waals surface area contributed by atoms with Crippen molar-refractivity contribution >= 4 is 11.4 Å². The van der Waals surface area contributed by atoms with Crippen LogP contribution in [0.3, 0.4) is 0 Å². The predicted octanol–water partition coefficient (Wildman–Crippen LogP) is 0.724. The lowest BCUT2D eigenvalue weighted by molar-refractivity contribution is 0.162. The molecular weight excluding hydrogens is 144 g/mol. The second-order valence-electron chi connectivity index (χ2n) is 1.01. The molecule has 0 aliphatic carbocycles. The minimum Gasteiger partial charge on any atom is -0.382 e. The third-order valence-electron chi connectivity index (χ3n) is 0.408. The van der Waals surface area contributed by atoms with Gasteiger partial charge in [-0.05, 0) is 13.8 Å². The van der Waals surface area contributed by atoms with E-state index in [2.05, 4.69) is 0 Å². The molecule has 0 amide bonds. The first kappa shape index (κ1) is 11.8. The first-order chi connectivity index (χ1) is 4.15. The van der Waals surface area contributed by atoms with Crippen LogP contribution in [0.4, 0.5) is 0 Å².